The molecule has 4 aromatic rings. The molecule has 0 radical (unpaired) electrons. The molecular weight excluding hydrogens is 485 g/mol. The number of morpholine rings is 1. The summed E-state index contributed by atoms with van der Waals surface area (Å²) in [4.78, 5) is 27.1. The lowest BCUT2D eigenvalue weighted by Gasteiger charge is -2.43. The van der Waals surface area contributed by atoms with Crippen LogP contribution in [0.4, 0.5) is 10.2 Å². The first kappa shape index (κ1) is 23.9. The van der Waals surface area contributed by atoms with E-state index >= 15 is 0 Å². The molecule has 1 atom stereocenters. The van der Waals surface area contributed by atoms with E-state index in [4.69, 9.17) is 24.7 Å². The van der Waals surface area contributed by atoms with Gasteiger partial charge in [-0.1, -0.05) is 19.1 Å². The van der Waals surface area contributed by atoms with E-state index in [0.29, 0.717) is 38.2 Å². The molecule has 3 fully saturated rings. The minimum absolute atomic E-state index is 0.447. The largest absolute Gasteiger partial charge is 0.378 e. The predicted molar refractivity (Wildman–Crippen MR) is 143 cm³/mol. The number of imidazole rings is 2. The number of halogens is 1. The molecule has 3 saturated heterocycles. The fourth-order valence-corrected chi connectivity index (χ4v) is 6.03. The molecule has 6 heterocycles. The van der Waals surface area contributed by atoms with E-state index in [9.17, 15) is 4.39 Å². The summed E-state index contributed by atoms with van der Waals surface area (Å²) in [5.74, 6) is 3.38. The number of para-hydroxylation sites is 2. The first-order valence-corrected chi connectivity index (χ1v) is 13.7. The molecule has 3 aromatic heterocycles. The van der Waals surface area contributed by atoms with Gasteiger partial charge in [-0.2, -0.15) is 9.97 Å². The maximum atomic E-state index is 13.7. The van der Waals surface area contributed by atoms with Crippen molar-refractivity contribution in [1.29, 1.82) is 0 Å². The molecule has 3 aliphatic rings. The van der Waals surface area contributed by atoms with E-state index in [2.05, 4.69) is 36.8 Å². The smallest absolute Gasteiger partial charge is 0.239 e. The Morgan fingerprint density at radius 3 is 2.55 bits per heavy atom. The number of hydrogen-bond acceptors (Lipinski definition) is 8. The standard InChI is InChI=1S/C27H34FN9O/c1-3-22-29-20-6-4-5-7-21(20)37(22)27-31-25-24(26(32-27)35-10-12-38-13-11-35)30-23(33(25)2)17-34-15-19(16-34)36-9-8-18(28)14-36/h4-7,18-19H,3,8-17H2,1-2H3/t18-/m0/s1. The number of hydrogen-bond donors (Lipinski definition) is 0. The average Bonchev–Trinajstić information content (AvgIpc) is 3.61. The molecule has 1 aromatic carbocycles. The molecule has 3 aliphatic heterocycles. The third-order valence-electron chi connectivity index (χ3n) is 8.22. The van der Waals surface area contributed by atoms with E-state index in [1.807, 2.05) is 25.2 Å². The van der Waals surface area contributed by atoms with E-state index < -0.39 is 6.17 Å². The normalized spacial score (nSPS) is 21.7. The van der Waals surface area contributed by atoms with Crippen LogP contribution in [-0.2, 0) is 24.8 Å². The van der Waals surface area contributed by atoms with Crippen LogP contribution < -0.4 is 4.90 Å². The van der Waals surface area contributed by atoms with Crippen LogP contribution in [0.3, 0.4) is 0 Å². The van der Waals surface area contributed by atoms with Crippen molar-refractivity contribution in [3.05, 3.63) is 35.9 Å². The van der Waals surface area contributed by atoms with Gasteiger partial charge in [0.2, 0.25) is 5.95 Å². The monoisotopic (exact) mass is 519 g/mol. The van der Waals surface area contributed by atoms with E-state index in [-0.39, 0.29) is 0 Å². The Morgan fingerprint density at radius 1 is 0.974 bits per heavy atom. The van der Waals surface area contributed by atoms with Gasteiger partial charge in [0, 0.05) is 58.8 Å². The van der Waals surface area contributed by atoms with Crippen LogP contribution in [-0.4, -0.2) is 104 Å². The molecule has 0 amide bonds. The topological polar surface area (TPSA) is 80.4 Å². The fourth-order valence-electron chi connectivity index (χ4n) is 6.03. The van der Waals surface area contributed by atoms with Gasteiger partial charge in [-0.15, -0.1) is 0 Å². The van der Waals surface area contributed by atoms with Crippen molar-refractivity contribution in [1.82, 2.24) is 38.9 Å². The van der Waals surface area contributed by atoms with Crippen LogP contribution in [0.15, 0.2) is 24.3 Å². The maximum Gasteiger partial charge on any atom is 0.239 e. The molecule has 11 heteroatoms. The molecule has 0 unspecified atom stereocenters. The van der Waals surface area contributed by atoms with Crippen molar-refractivity contribution in [3.63, 3.8) is 0 Å². The van der Waals surface area contributed by atoms with Crippen LogP contribution in [0.2, 0.25) is 0 Å². The van der Waals surface area contributed by atoms with Crippen molar-refractivity contribution in [2.24, 2.45) is 7.05 Å². The number of benzene rings is 1. The number of anilines is 1. The number of ether oxygens (including phenoxy) is 1. The summed E-state index contributed by atoms with van der Waals surface area (Å²) in [6.07, 6.45) is 0.769. The predicted octanol–water partition coefficient (Wildman–Crippen LogP) is 2.33. The highest BCUT2D eigenvalue weighted by Crippen LogP contribution is 2.30. The summed E-state index contributed by atoms with van der Waals surface area (Å²) in [5, 5.41) is 0. The van der Waals surface area contributed by atoms with Gasteiger partial charge >= 0.3 is 0 Å². The van der Waals surface area contributed by atoms with Crippen molar-refractivity contribution in [3.8, 4) is 5.95 Å². The van der Waals surface area contributed by atoms with Crippen LogP contribution in [0.25, 0.3) is 28.1 Å². The molecule has 0 N–H and O–H groups in total. The zero-order valence-corrected chi connectivity index (χ0v) is 22.1. The zero-order valence-electron chi connectivity index (χ0n) is 22.1. The highest BCUT2D eigenvalue weighted by atomic mass is 19.1. The van der Waals surface area contributed by atoms with Crippen molar-refractivity contribution in [2.45, 2.75) is 38.5 Å². The summed E-state index contributed by atoms with van der Waals surface area (Å²) in [6, 6.07) is 8.59. The van der Waals surface area contributed by atoms with Crippen LogP contribution >= 0.6 is 0 Å². The molecule has 0 bridgehead atoms. The minimum Gasteiger partial charge on any atom is -0.378 e. The second-order valence-corrected chi connectivity index (χ2v) is 10.6. The lowest BCUT2D eigenvalue weighted by molar-refractivity contribution is 0.0368. The molecule has 10 nitrogen and oxygen atoms in total. The Hall–Kier alpha value is -3.15. The third-order valence-corrected chi connectivity index (χ3v) is 8.22. The highest BCUT2D eigenvalue weighted by molar-refractivity contribution is 5.86. The summed E-state index contributed by atoms with van der Waals surface area (Å²) in [6.45, 7) is 9.06. The number of aryl methyl sites for hydroxylation is 2. The lowest BCUT2D eigenvalue weighted by atomic mass is 10.1. The Labute approximate surface area is 221 Å². The minimum atomic E-state index is -0.670. The molecule has 0 aliphatic carbocycles. The van der Waals surface area contributed by atoms with Gasteiger partial charge in [0.05, 0.1) is 30.8 Å². The molecule has 7 rings (SSSR count). The van der Waals surface area contributed by atoms with Gasteiger partial charge in [0.25, 0.3) is 0 Å². The van der Waals surface area contributed by atoms with Gasteiger partial charge in [-0.25, -0.2) is 14.4 Å². The molecule has 0 spiro atoms. The average molecular weight is 520 g/mol. The van der Waals surface area contributed by atoms with E-state index in [1.54, 1.807) is 0 Å². The SMILES string of the molecule is CCc1nc2ccccc2n1-c1nc(N2CCOCC2)c2nc(CN3CC(N4CC[C@H](F)C4)C3)n(C)c2n1. The molecule has 38 heavy (non-hydrogen) atoms. The van der Waals surface area contributed by atoms with Crippen molar-refractivity contribution in [2.75, 3.05) is 57.4 Å². The quantitative estimate of drug-likeness (QED) is 0.384. The number of aromatic nitrogens is 6. The van der Waals surface area contributed by atoms with Gasteiger partial charge < -0.3 is 14.2 Å². The Morgan fingerprint density at radius 2 is 1.79 bits per heavy atom. The summed E-state index contributed by atoms with van der Waals surface area (Å²) < 4.78 is 23.5. The van der Waals surface area contributed by atoms with Crippen LogP contribution in [0, 0.1) is 0 Å². The summed E-state index contributed by atoms with van der Waals surface area (Å²) in [5.41, 5.74) is 3.59. The van der Waals surface area contributed by atoms with E-state index in [0.717, 1.165) is 85.4 Å². The third kappa shape index (κ3) is 4.04. The van der Waals surface area contributed by atoms with E-state index in [1.165, 1.54) is 0 Å². The van der Waals surface area contributed by atoms with Gasteiger partial charge in [-0.05, 0) is 18.6 Å². The molecular formula is C27H34FN9O. The van der Waals surface area contributed by atoms with Gasteiger partial charge in [0.15, 0.2) is 17.0 Å². The lowest BCUT2D eigenvalue weighted by Crippen LogP contribution is -2.58. The first-order valence-electron chi connectivity index (χ1n) is 13.7. The number of rotatable bonds is 6. The number of nitrogens with zero attached hydrogens (tertiary/aromatic N) is 9. The van der Waals surface area contributed by atoms with Gasteiger partial charge in [0.1, 0.15) is 17.8 Å². The van der Waals surface area contributed by atoms with Crippen molar-refractivity contribution < 1.29 is 9.13 Å². The Bertz CT molecular complexity index is 1470. The maximum absolute atomic E-state index is 13.7. The number of likely N-dealkylation sites (tertiary alicyclic amines) is 2. The fraction of sp³-hybridized carbons (Fsp3) is 0.556. The number of alkyl halides is 1. The Kier molecular flexibility index (Phi) is 6.01. The van der Waals surface area contributed by atoms with Crippen LogP contribution in [0.1, 0.15) is 25.0 Å². The number of fused-ring (bicyclic) bond motifs is 2. The van der Waals surface area contributed by atoms with Gasteiger partial charge in [-0.3, -0.25) is 14.4 Å². The molecule has 200 valence electrons. The highest BCUT2D eigenvalue weighted by Gasteiger charge is 2.36. The first-order chi connectivity index (χ1) is 18.6. The molecule has 0 saturated carbocycles. The second kappa shape index (κ2) is 9.55. The van der Waals surface area contributed by atoms with Crippen LogP contribution in [0.5, 0.6) is 0 Å². The summed E-state index contributed by atoms with van der Waals surface area (Å²) >= 11 is 0. The Balaban J connectivity index is 1.26. The second-order valence-electron chi connectivity index (χ2n) is 10.6. The van der Waals surface area contributed by atoms with Crippen molar-refractivity contribution >= 4 is 28.0 Å². The summed E-state index contributed by atoms with van der Waals surface area (Å²) in [7, 11) is 2.04. The zero-order chi connectivity index (χ0) is 25.8.